The predicted octanol–water partition coefficient (Wildman–Crippen LogP) is 4.73. The minimum Gasteiger partial charge on any atom is -0.0776 e. The molecule has 0 atom stereocenters. The SMILES string of the molecule is C.C[CH]C.[CH2]CCC.[CH2]CCC.[Sn]. The number of rotatable bonds is 2. The molecule has 0 unspecified atom stereocenters. The first-order valence-electron chi connectivity index (χ1n) is 4.57. The maximum atomic E-state index is 3.60. The van der Waals surface area contributed by atoms with E-state index in [1.54, 1.807) is 0 Å². The zero-order valence-electron chi connectivity index (χ0n) is 9.32. The van der Waals surface area contributed by atoms with E-state index >= 15 is 0 Å². The van der Waals surface area contributed by atoms with Crippen molar-refractivity contribution in [1.82, 2.24) is 0 Å². The molecule has 0 nitrogen and oxygen atoms in total. The van der Waals surface area contributed by atoms with Gasteiger partial charge in [-0.15, -0.1) is 0 Å². The van der Waals surface area contributed by atoms with E-state index in [4.69, 9.17) is 0 Å². The zero-order chi connectivity index (χ0) is 9.54. The van der Waals surface area contributed by atoms with E-state index in [1.807, 2.05) is 20.3 Å². The summed E-state index contributed by atoms with van der Waals surface area (Å²) in [5.41, 5.74) is 0. The molecule has 13 heavy (non-hydrogen) atoms. The van der Waals surface area contributed by atoms with Gasteiger partial charge in [0.05, 0.1) is 0 Å². The Bertz CT molecular complexity index is 20.3. The van der Waals surface area contributed by atoms with E-state index in [0.717, 1.165) is 12.8 Å². The molecule has 0 aromatic carbocycles. The van der Waals surface area contributed by atoms with Crippen molar-refractivity contribution in [3.05, 3.63) is 20.3 Å². The van der Waals surface area contributed by atoms with Gasteiger partial charge in [0.25, 0.3) is 0 Å². The molecule has 1 heteroatoms. The molecular formula is C12H29Sn. The van der Waals surface area contributed by atoms with E-state index in [9.17, 15) is 0 Å². The fourth-order valence-electron chi connectivity index (χ4n) is 0. The Morgan fingerprint density at radius 3 is 1.00 bits per heavy atom. The summed E-state index contributed by atoms with van der Waals surface area (Å²) >= 11 is 0. The molecule has 7 radical (unpaired) electrons. The van der Waals surface area contributed by atoms with Crippen LogP contribution in [0.3, 0.4) is 0 Å². The summed E-state index contributed by atoms with van der Waals surface area (Å²) in [6.07, 6.45) is 6.56. The monoisotopic (exact) mass is 293 g/mol. The molecule has 0 aliphatic carbocycles. The van der Waals surface area contributed by atoms with Crippen LogP contribution in [0.25, 0.3) is 0 Å². The fraction of sp³-hybridized carbons (Fsp3) is 0.750. The Kier molecular flexibility index (Phi) is 119. The molecule has 0 bridgehead atoms. The molecule has 0 aliphatic rings. The molecule has 0 amide bonds. The summed E-state index contributed by atoms with van der Waals surface area (Å²) in [6.45, 7) is 15.4. The topological polar surface area (TPSA) is 0 Å². The van der Waals surface area contributed by atoms with Crippen LogP contribution in [0.5, 0.6) is 0 Å². The van der Waals surface area contributed by atoms with Crippen LogP contribution in [0.2, 0.25) is 0 Å². The van der Waals surface area contributed by atoms with Crippen molar-refractivity contribution in [2.45, 2.75) is 60.8 Å². The third kappa shape index (κ3) is 191. The minimum absolute atomic E-state index is 0. The number of hydrogen-bond donors (Lipinski definition) is 0. The van der Waals surface area contributed by atoms with Gasteiger partial charge in [-0.05, 0) is 6.42 Å². The quantitative estimate of drug-likeness (QED) is 0.646. The van der Waals surface area contributed by atoms with E-state index in [2.05, 4.69) is 27.7 Å². The maximum absolute atomic E-state index is 3.60. The van der Waals surface area contributed by atoms with Crippen molar-refractivity contribution >= 4 is 23.9 Å². The van der Waals surface area contributed by atoms with Gasteiger partial charge >= 0.3 is 0 Å². The molecule has 0 spiro atoms. The molecule has 0 aromatic heterocycles. The van der Waals surface area contributed by atoms with Gasteiger partial charge < -0.3 is 0 Å². The van der Waals surface area contributed by atoms with E-state index in [0.29, 0.717) is 0 Å². The Balaban J connectivity index is -0.0000000231. The molecular weight excluding hydrogens is 263 g/mol. The summed E-state index contributed by atoms with van der Waals surface area (Å²) in [7, 11) is 0. The smallest absolute Gasteiger partial charge is 0 e. The van der Waals surface area contributed by atoms with Crippen molar-refractivity contribution in [3.63, 3.8) is 0 Å². The fourth-order valence-corrected chi connectivity index (χ4v) is 0. The van der Waals surface area contributed by atoms with Gasteiger partial charge in [-0.1, -0.05) is 74.7 Å². The van der Waals surface area contributed by atoms with Crippen molar-refractivity contribution in [2.24, 2.45) is 0 Å². The average molecular weight is 292 g/mol. The first-order valence-corrected chi connectivity index (χ1v) is 4.57. The van der Waals surface area contributed by atoms with Crippen LogP contribution in [0, 0.1) is 20.3 Å². The van der Waals surface area contributed by atoms with Gasteiger partial charge in [0.15, 0.2) is 0 Å². The summed E-state index contributed by atoms with van der Waals surface area (Å²) in [5, 5.41) is 0. The molecule has 0 saturated heterocycles. The van der Waals surface area contributed by atoms with Crippen molar-refractivity contribution in [2.75, 3.05) is 0 Å². The van der Waals surface area contributed by atoms with Crippen LogP contribution in [-0.2, 0) is 0 Å². The van der Waals surface area contributed by atoms with Gasteiger partial charge in [-0.3, -0.25) is 0 Å². The first-order chi connectivity index (χ1) is 5.24. The van der Waals surface area contributed by atoms with Crippen molar-refractivity contribution < 1.29 is 0 Å². The second-order valence-electron chi connectivity index (χ2n) is 2.28. The molecule has 0 rings (SSSR count). The Hall–Kier alpha value is 0.799. The van der Waals surface area contributed by atoms with Crippen LogP contribution in [0.15, 0.2) is 0 Å². The number of unbranched alkanes of at least 4 members (excludes halogenated alkanes) is 2. The summed E-state index contributed by atoms with van der Waals surface area (Å²) < 4.78 is 0. The maximum Gasteiger partial charge on any atom is 0 e. The minimum atomic E-state index is 0. The summed E-state index contributed by atoms with van der Waals surface area (Å²) in [4.78, 5) is 0. The van der Waals surface area contributed by atoms with E-state index in [-0.39, 0.29) is 31.3 Å². The Morgan fingerprint density at radius 1 is 0.923 bits per heavy atom. The van der Waals surface area contributed by atoms with Gasteiger partial charge in [0, 0.05) is 23.9 Å². The van der Waals surface area contributed by atoms with Crippen LogP contribution in [-0.4, -0.2) is 23.9 Å². The summed E-state index contributed by atoms with van der Waals surface area (Å²) in [5.74, 6) is 0. The number of hydrogen-bond acceptors (Lipinski definition) is 0. The molecule has 0 aromatic rings. The van der Waals surface area contributed by atoms with Gasteiger partial charge in [-0.25, -0.2) is 0 Å². The molecule has 0 fully saturated rings. The standard InChI is InChI=1S/2C4H9.C3H7.CH4.Sn/c2*1-3-4-2;1-3-2;;/h2*1,3-4H2,2H3;3H,1-2H3;1H4;. The normalized spacial score (nSPS) is 6.00. The molecule has 0 N–H and O–H groups in total. The van der Waals surface area contributed by atoms with Gasteiger partial charge in [-0.2, -0.15) is 0 Å². The molecule has 0 saturated carbocycles. The second-order valence-corrected chi connectivity index (χ2v) is 2.28. The van der Waals surface area contributed by atoms with Crippen molar-refractivity contribution in [3.8, 4) is 0 Å². The second kappa shape index (κ2) is 53.0. The first kappa shape index (κ1) is 29.2. The molecule has 81 valence electrons. The average Bonchev–Trinajstić information content (AvgIpc) is 2.06. The van der Waals surface area contributed by atoms with E-state index in [1.165, 1.54) is 12.8 Å². The van der Waals surface area contributed by atoms with E-state index < -0.39 is 0 Å². The molecule has 0 aliphatic heterocycles. The Labute approximate surface area is 105 Å². The third-order valence-electron chi connectivity index (χ3n) is 0.707. The molecule has 0 heterocycles. The van der Waals surface area contributed by atoms with Crippen LogP contribution in [0.4, 0.5) is 0 Å². The zero-order valence-corrected chi connectivity index (χ0v) is 12.2. The predicted molar refractivity (Wildman–Crippen MR) is 68.7 cm³/mol. The largest absolute Gasteiger partial charge is 0.0776 e. The van der Waals surface area contributed by atoms with Crippen LogP contribution < -0.4 is 0 Å². The van der Waals surface area contributed by atoms with Crippen molar-refractivity contribution in [1.29, 1.82) is 0 Å². The van der Waals surface area contributed by atoms with Crippen LogP contribution >= 0.6 is 0 Å². The summed E-state index contributed by atoms with van der Waals surface area (Å²) in [6, 6.07) is 0. The third-order valence-corrected chi connectivity index (χ3v) is 0.707. The van der Waals surface area contributed by atoms with Crippen LogP contribution in [0.1, 0.15) is 60.8 Å². The van der Waals surface area contributed by atoms with Gasteiger partial charge in [0.2, 0.25) is 0 Å². The van der Waals surface area contributed by atoms with Gasteiger partial charge in [0.1, 0.15) is 0 Å². The Morgan fingerprint density at radius 2 is 1.00 bits per heavy atom.